The lowest BCUT2D eigenvalue weighted by Crippen LogP contribution is -2.24. The van der Waals surface area contributed by atoms with E-state index in [0.717, 1.165) is 24.5 Å². The van der Waals surface area contributed by atoms with Crippen molar-refractivity contribution in [1.29, 1.82) is 0 Å². The SMILES string of the molecule is CCNC(Cc1nccn1C)c1cc(C)ccc1OC. The summed E-state index contributed by atoms with van der Waals surface area (Å²) in [7, 11) is 3.75. The van der Waals surface area contributed by atoms with Crippen molar-refractivity contribution in [2.45, 2.75) is 26.3 Å². The van der Waals surface area contributed by atoms with Crippen LogP contribution >= 0.6 is 0 Å². The van der Waals surface area contributed by atoms with E-state index in [2.05, 4.69) is 40.8 Å². The number of benzene rings is 1. The number of ether oxygens (including phenoxy) is 1. The summed E-state index contributed by atoms with van der Waals surface area (Å²) >= 11 is 0. The van der Waals surface area contributed by atoms with Crippen LogP contribution in [0.3, 0.4) is 0 Å². The van der Waals surface area contributed by atoms with Gasteiger partial charge in [0.25, 0.3) is 0 Å². The van der Waals surface area contributed by atoms with Crippen LogP contribution in [-0.4, -0.2) is 23.2 Å². The molecule has 1 aromatic heterocycles. The summed E-state index contributed by atoms with van der Waals surface area (Å²) in [6, 6.07) is 6.50. The standard InChI is InChI=1S/C16H23N3O/c1-5-17-14(11-16-18-8-9-19(16)3)13-10-12(2)6-7-15(13)20-4/h6-10,14,17H,5,11H2,1-4H3. The first kappa shape index (κ1) is 14.6. The molecular weight excluding hydrogens is 250 g/mol. The molecule has 0 saturated carbocycles. The molecule has 0 bridgehead atoms. The first-order valence-corrected chi connectivity index (χ1v) is 6.99. The van der Waals surface area contributed by atoms with E-state index in [1.165, 1.54) is 11.1 Å². The summed E-state index contributed by atoms with van der Waals surface area (Å²) in [5.41, 5.74) is 2.43. The van der Waals surface area contributed by atoms with Gasteiger partial charge in [0.15, 0.2) is 0 Å². The van der Waals surface area contributed by atoms with Gasteiger partial charge in [-0.15, -0.1) is 0 Å². The number of rotatable bonds is 6. The topological polar surface area (TPSA) is 39.1 Å². The fourth-order valence-electron chi connectivity index (χ4n) is 2.44. The molecule has 0 radical (unpaired) electrons. The van der Waals surface area contributed by atoms with Gasteiger partial charge in [-0.3, -0.25) is 0 Å². The van der Waals surface area contributed by atoms with E-state index in [9.17, 15) is 0 Å². The molecule has 20 heavy (non-hydrogen) atoms. The summed E-state index contributed by atoms with van der Waals surface area (Å²) in [6.07, 6.45) is 4.66. The van der Waals surface area contributed by atoms with Gasteiger partial charge in [-0.25, -0.2) is 4.98 Å². The zero-order valence-corrected chi connectivity index (χ0v) is 12.7. The third-order valence-corrected chi connectivity index (χ3v) is 3.52. The van der Waals surface area contributed by atoms with Crippen LogP contribution in [0.1, 0.15) is 29.9 Å². The number of aromatic nitrogens is 2. The highest BCUT2D eigenvalue weighted by molar-refractivity contribution is 5.39. The number of likely N-dealkylation sites (N-methyl/N-ethyl adjacent to an activating group) is 1. The van der Waals surface area contributed by atoms with Crippen molar-refractivity contribution in [2.75, 3.05) is 13.7 Å². The lowest BCUT2D eigenvalue weighted by Gasteiger charge is -2.21. The molecule has 0 aliphatic rings. The van der Waals surface area contributed by atoms with Gasteiger partial charge in [0.2, 0.25) is 0 Å². The Morgan fingerprint density at radius 3 is 2.80 bits per heavy atom. The van der Waals surface area contributed by atoms with Crippen LogP contribution in [-0.2, 0) is 13.5 Å². The number of nitrogens with one attached hydrogen (secondary N) is 1. The van der Waals surface area contributed by atoms with Gasteiger partial charge in [0.05, 0.1) is 7.11 Å². The molecule has 1 aromatic carbocycles. The van der Waals surface area contributed by atoms with Crippen LogP contribution in [0.15, 0.2) is 30.6 Å². The Hall–Kier alpha value is -1.81. The van der Waals surface area contributed by atoms with Gasteiger partial charge in [-0.05, 0) is 19.5 Å². The maximum absolute atomic E-state index is 5.51. The van der Waals surface area contributed by atoms with Gasteiger partial charge < -0.3 is 14.6 Å². The zero-order chi connectivity index (χ0) is 14.5. The molecule has 1 heterocycles. The Bertz CT molecular complexity index is 563. The van der Waals surface area contributed by atoms with Gasteiger partial charge in [-0.1, -0.05) is 24.6 Å². The number of imidazole rings is 1. The van der Waals surface area contributed by atoms with Crippen molar-refractivity contribution in [3.8, 4) is 5.75 Å². The van der Waals surface area contributed by atoms with E-state index in [1.807, 2.05) is 25.5 Å². The lowest BCUT2D eigenvalue weighted by molar-refractivity contribution is 0.397. The number of nitrogens with zero attached hydrogens (tertiary/aromatic N) is 2. The van der Waals surface area contributed by atoms with Crippen molar-refractivity contribution in [1.82, 2.24) is 14.9 Å². The molecule has 4 nitrogen and oxygen atoms in total. The molecule has 2 rings (SSSR count). The molecule has 4 heteroatoms. The van der Waals surface area contributed by atoms with Crippen molar-refractivity contribution < 1.29 is 4.74 Å². The fourth-order valence-corrected chi connectivity index (χ4v) is 2.44. The first-order chi connectivity index (χ1) is 9.65. The number of hydrogen-bond acceptors (Lipinski definition) is 3. The van der Waals surface area contributed by atoms with Gasteiger partial charge in [-0.2, -0.15) is 0 Å². The minimum absolute atomic E-state index is 0.205. The second kappa shape index (κ2) is 6.57. The lowest BCUT2D eigenvalue weighted by atomic mass is 10.00. The minimum Gasteiger partial charge on any atom is -0.496 e. The van der Waals surface area contributed by atoms with E-state index in [-0.39, 0.29) is 6.04 Å². The van der Waals surface area contributed by atoms with E-state index < -0.39 is 0 Å². The van der Waals surface area contributed by atoms with Crippen molar-refractivity contribution >= 4 is 0 Å². The predicted octanol–water partition coefficient (Wildman–Crippen LogP) is 2.63. The van der Waals surface area contributed by atoms with Gasteiger partial charge in [0, 0.05) is 37.5 Å². The molecule has 1 unspecified atom stereocenters. The van der Waals surface area contributed by atoms with Crippen LogP contribution in [0, 0.1) is 6.92 Å². The van der Waals surface area contributed by atoms with Crippen molar-refractivity contribution in [2.24, 2.45) is 7.05 Å². The quantitative estimate of drug-likeness (QED) is 0.879. The normalized spacial score (nSPS) is 12.4. The second-order valence-electron chi connectivity index (χ2n) is 5.01. The van der Waals surface area contributed by atoms with Gasteiger partial charge >= 0.3 is 0 Å². The molecule has 0 aliphatic heterocycles. The van der Waals surface area contributed by atoms with E-state index >= 15 is 0 Å². The Balaban J connectivity index is 2.33. The van der Waals surface area contributed by atoms with Crippen LogP contribution in [0.4, 0.5) is 0 Å². The molecule has 0 fully saturated rings. The smallest absolute Gasteiger partial charge is 0.123 e. The van der Waals surface area contributed by atoms with Crippen LogP contribution < -0.4 is 10.1 Å². The summed E-state index contributed by atoms with van der Waals surface area (Å²) < 4.78 is 7.57. The van der Waals surface area contributed by atoms with Crippen LogP contribution in [0.2, 0.25) is 0 Å². The summed E-state index contributed by atoms with van der Waals surface area (Å²) in [5, 5.41) is 3.53. The molecule has 1 atom stereocenters. The highest BCUT2D eigenvalue weighted by Gasteiger charge is 2.18. The first-order valence-electron chi connectivity index (χ1n) is 6.99. The van der Waals surface area contributed by atoms with E-state index in [0.29, 0.717) is 0 Å². The molecule has 0 amide bonds. The molecule has 2 aromatic rings. The predicted molar refractivity (Wildman–Crippen MR) is 81.1 cm³/mol. The summed E-state index contributed by atoms with van der Waals surface area (Å²) in [6.45, 7) is 5.13. The van der Waals surface area contributed by atoms with Crippen molar-refractivity contribution in [3.63, 3.8) is 0 Å². The van der Waals surface area contributed by atoms with E-state index in [4.69, 9.17) is 4.74 Å². The third-order valence-electron chi connectivity index (χ3n) is 3.52. The Morgan fingerprint density at radius 1 is 1.40 bits per heavy atom. The Kier molecular flexibility index (Phi) is 4.79. The monoisotopic (exact) mass is 273 g/mol. The Labute approximate surface area is 120 Å². The van der Waals surface area contributed by atoms with Crippen LogP contribution in [0.5, 0.6) is 5.75 Å². The van der Waals surface area contributed by atoms with Crippen molar-refractivity contribution in [3.05, 3.63) is 47.5 Å². The average Bonchev–Trinajstić information content (AvgIpc) is 2.84. The molecule has 108 valence electrons. The average molecular weight is 273 g/mol. The zero-order valence-electron chi connectivity index (χ0n) is 12.7. The highest BCUT2D eigenvalue weighted by atomic mass is 16.5. The fraction of sp³-hybridized carbons (Fsp3) is 0.438. The molecule has 0 spiro atoms. The van der Waals surface area contributed by atoms with Crippen LogP contribution in [0.25, 0.3) is 0 Å². The Morgan fingerprint density at radius 2 is 2.20 bits per heavy atom. The number of hydrogen-bond donors (Lipinski definition) is 1. The number of aryl methyl sites for hydroxylation is 2. The molecule has 1 N–H and O–H groups in total. The highest BCUT2D eigenvalue weighted by Crippen LogP contribution is 2.28. The summed E-state index contributed by atoms with van der Waals surface area (Å²) in [5.74, 6) is 2.00. The summed E-state index contributed by atoms with van der Waals surface area (Å²) in [4.78, 5) is 4.42. The maximum Gasteiger partial charge on any atom is 0.123 e. The second-order valence-corrected chi connectivity index (χ2v) is 5.01. The molecular formula is C16H23N3O. The molecule has 0 aliphatic carbocycles. The largest absolute Gasteiger partial charge is 0.496 e. The minimum atomic E-state index is 0.205. The maximum atomic E-state index is 5.51. The van der Waals surface area contributed by atoms with Gasteiger partial charge in [0.1, 0.15) is 11.6 Å². The van der Waals surface area contributed by atoms with E-state index in [1.54, 1.807) is 7.11 Å². The third kappa shape index (κ3) is 3.20. The molecule has 0 saturated heterocycles. The number of methoxy groups -OCH3 is 1.